The molecular weight excluding hydrogens is 260 g/mol. The van der Waals surface area contributed by atoms with Crippen molar-refractivity contribution in [3.05, 3.63) is 17.1 Å². The summed E-state index contributed by atoms with van der Waals surface area (Å²) in [7, 11) is 0. The lowest BCUT2D eigenvalue weighted by molar-refractivity contribution is -0.134. The van der Waals surface area contributed by atoms with Gasteiger partial charge in [0.2, 0.25) is 0 Å². The van der Waals surface area contributed by atoms with Crippen molar-refractivity contribution in [2.24, 2.45) is 5.73 Å². The maximum absolute atomic E-state index is 11.0. The number of hydrogen-bond donors (Lipinski definition) is 3. The highest BCUT2D eigenvalue weighted by Gasteiger charge is 2.14. The number of thiazole rings is 1. The summed E-state index contributed by atoms with van der Waals surface area (Å²) >= 11 is 1.11. The van der Waals surface area contributed by atoms with Gasteiger partial charge < -0.3 is 15.4 Å². The third-order valence-electron chi connectivity index (χ3n) is 1.92. The molecule has 2 aromatic rings. The van der Waals surface area contributed by atoms with Gasteiger partial charge in [0, 0.05) is 11.4 Å². The molecule has 0 saturated carbocycles. The standard InChI is InChI=1S/C9H8N4O4S/c10-7(15)8(16)12-9-11-5(3-18-9)6-1-4(2-14)13-17-6/h1,3,14H,2H2,(H2,10,15)(H,11,12,16). The van der Waals surface area contributed by atoms with Crippen LogP contribution in [0.5, 0.6) is 0 Å². The van der Waals surface area contributed by atoms with Gasteiger partial charge >= 0.3 is 11.8 Å². The number of nitrogens with two attached hydrogens (primary N) is 1. The second kappa shape index (κ2) is 4.94. The molecule has 0 aromatic carbocycles. The minimum Gasteiger partial charge on any atom is -0.390 e. The maximum Gasteiger partial charge on any atom is 0.315 e. The molecule has 0 atom stereocenters. The first-order valence-electron chi connectivity index (χ1n) is 4.73. The van der Waals surface area contributed by atoms with Crippen LogP contribution in [-0.4, -0.2) is 27.1 Å². The summed E-state index contributed by atoms with van der Waals surface area (Å²) in [6.07, 6.45) is 0. The fourth-order valence-corrected chi connectivity index (χ4v) is 1.80. The van der Waals surface area contributed by atoms with Crippen LogP contribution >= 0.6 is 11.3 Å². The Morgan fingerprint density at radius 1 is 1.56 bits per heavy atom. The van der Waals surface area contributed by atoms with E-state index in [0.717, 1.165) is 11.3 Å². The smallest absolute Gasteiger partial charge is 0.315 e. The first kappa shape index (κ1) is 12.2. The second-order valence-electron chi connectivity index (χ2n) is 3.20. The van der Waals surface area contributed by atoms with E-state index in [4.69, 9.17) is 15.4 Å². The van der Waals surface area contributed by atoms with Crippen molar-refractivity contribution >= 4 is 28.3 Å². The van der Waals surface area contributed by atoms with E-state index >= 15 is 0 Å². The molecule has 4 N–H and O–H groups in total. The fraction of sp³-hybridized carbons (Fsp3) is 0.111. The van der Waals surface area contributed by atoms with E-state index in [-0.39, 0.29) is 11.7 Å². The van der Waals surface area contributed by atoms with Crippen molar-refractivity contribution in [2.75, 3.05) is 5.32 Å². The Morgan fingerprint density at radius 2 is 2.33 bits per heavy atom. The van der Waals surface area contributed by atoms with E-state index < -0.39 is 11.8 Å². The normalized spacial score (nSPS) is 10.3. The molecule has 0 aliphatic rings. The number of carbonyl (C=O) groups is 2. The molecule has 0 radical (unpaired) electrons. The number of aliphatic hydroxyl groups is 1. The highest BCUT2D eigenvalue weighted by molar-refractivity contribution is 7.14. The third kappa shape index (κ3) is 2.52. The molecule has 2 aromatic heterocycles. The Labute approximate surface area is 104 Å². The highest BCUT2D eigenvalue weighted by atomic mass is 32.1. The van der Waals surface area contributed by atoms with E-state index in [1.807, 2.05) is 0 Å². The highest BCUT2D eigenvalue weighted by Crippen LogP contribution is 2.25. The van der Waals surface area contributed by atoms with Crippen LogP contribution in [0.15, 0.2) is 16.0 Å². The molecule has 94 valence electrons. The zero-order valence-corrected chi connectivity index (χ0v) is 9.73. The Hall–Kier alpha value is -2.26. The van der Waals surface area contributed by atoms with Crippen LogP contribution in [0.3, 0.4) is 0 Å². The molecule has 8 nitrogen and oxygen atoms in total. The van der Waals surface area contributed by atoms with Gasteiger partial charge in [0.25, 0.3) is 0 Å². The molecular formula is C9H8N4O4S. The van der Waals surface area contributed by atoms with Gasteiger partial charge in [-0.2, -0.15) is 0 Å². The topological polar surface area (TPSA) is 131 Å². The van der Waals surface area contributed by atoms with Crippen molar-refractivity contribution < 1.29 is 19.2 Å². The largest absolute Gasteiger partial charge is 0.390 e. The molecule has 0 bridgehead atoms. The van der Waals surface area contributed by atoms with Gasteiger partial charge in [-0.15, -0.1) is 11.3 Å². The van der Waals surface area contributed by atoms with E-state index in [2.05, 4.69) is 15.5 Å². The number of nitrogens with one attached hydrogen (secondary N) is 1. The van der Waals surface area contributed by atoms with Crippen molar-refractivity contribution in [3.63, 3.8) is 0 Å². The van der Waals surface area contributed by atoms with E-state index in [1.165, 1.54) is 6.07 Å². The Bertz CT molecular complexity index is 591. The summed E-state index contributed by atoms with van der Waals surface area (Å²) in [5, 5.41) is 16.5. The van der Waals surface area contributed by atoms with Gasteiger partial charge in [0.1, 0.15) is 11.4 Å². The van der Waals surface area contributed by atoms with Crippen molar-refractivity contribution in [1.29, 1.82) is 0 Å². The quantitative estimate of drug-likeness (QED) is 0.656. The lowest BCUT2D eigenvalue weighted by Crippen LogP contribution is -2.29. The number of primary amides is 1. The lowest BCUT2D eigenvalue weighted by Gasteiger charge is -1.94. The molecule has 2 amide bonds. The molecule has 0 saturated heterocycles. The minimum absolute atomic E-state index is 0.218. The average molecular weight is 268 g/mol. The number of anilines is 1. The van der Waals surface area contributed by atoms with Crippen LogP contribution in [-0.2, 0) is 16.2 Å². The molecule has 2 rings (SSSR count). The zero-order chi connectivity index (χ0) is 13.1. The van der Waals surface area contributed by atoms with Crippen LogP contribution in [0.1, 0.15) is 5.69 Å². The second-order valence-corrected chi connectivity index (χ2v) is 4.05. The van der Waals surface area contributed by atoms with Crippen molar-refractivity contribution in [3.8, 4) is 11.5 Å². The summed E-state index contributed by atoms with van der Waals surface area (Å²) < 4.78 is 4.94. The summed E-state index contributed by atoms with van der Waals surface area (Å²) in [5.74, 6) is -1.67. The number of hydrogen-bond acceptors (Lipinski definition) is 7. The SMILES string of the molecule is NC(=O)C(=O)Nc1nc(-c2cc(CO)no2)cs1. The van der Waals surface area contributed by atoms with Crippen LogP contribution in [0.25, 0.3) is 11.5 Å². The van der Waals surface area contributed by atoms with Crippen LogP contribution in [0, 0.1) is 0 Å². The number of aliphatic hydroxyl groups excluding tert-OH is 1. The Kier molecular flexibility index (Phi) is 3.35. The van der Waals surface area contributed by atoms with Crippen molar-refractivity contribution in [1.82, 2.24) is 10.1 Å². The first-order valence-corrected chi connectivity index (χ1v) is 5.61. The molecule has 0 fully saturated rings. The predicted molar refractivity (Wildman–Crippen MR) is 61.4 cm³/mol. The summed E-state index contributed by atoms with van der Waals surface area (Å²) in [4.78, 5) is 25.6. The van der Waals surface area contributed by atoms with Gasteiger partial charge in [-0.05, 0) is 0 Å². The first-order chi connectivity index (χ1) is 8.60. The molecule has 0 spiro atoms. The number of carbonyl (C=O) groups excluding carboxylic acids is 2. The van der Waals surface area contributed by atoms with Gasteiger partial charge in [0.15, 0.2) is 10.9 Å². The summed E-state index contributed by atoms with van der Waals surface area (Å²) in [6.45, 7) is -0.237. The van der Waals surface area contributed by atoms with Gasteiger partial charge in [-0.25, -0.2) is 4.98 Å². The average Bonchev–Trinajstić information content (AvgIpc) is 2.96. The number of rotatable bonds is 3. The lowest BCUT2D eigenvalue weighted by atomic mass is 10.3. The molecule has 0 unspecified atom stereocenters. The molecule has 9 heteroatoms. The van der Waals surface area contributed by atoms with Gasteiger partial charge in [-0.3, -0.25) is 14.9 Å². The van der Waals surface area contributed by atoms with Crippen molar-refractivity contribution in [2.45, 2.75) is 6.61 Å². The number of nitrogens with zero attached hydrogens (tertiary/aromatic N) is 2. The zero-order valence-electron chi connectivity index (χ0n) is 8.91. The van der Waals surface area contributed by atoms with E-state index in [1.54, 1.807) is 5.38 Å². The van der Waals surface area contributed by atoms with E-state index in [9.17, 15) is 9.59 Å². The molecule has 0 aliphatic carbocycles. The number of amides is 2. The molecule has 0 aliphatic heterocycles. The number of aromatic nitrogens is 2. The van der Waals surface area contributed by atoms with Gasteiger partial charge in [0.05, 0.1) is 6.61 Å². The van der Waals surface area contributed by atoms with E-state index in [0.29, 0.717) is 17.1 Å². The van der Waals surface area contributed by atoms with Crippen LogP contribution in [0.4, 0.5) is 5.13 Å². The maximum atomic E-state index is 11.0. The Balaban J connectivity index is 2.15. The molecule has 18 heavy (non-hydrogen) atoms. The third-order valence-corrected chi connectivity index (χ3v) is 2.68. The molecule has 2 heterocycles. The summed E-state index contributed by atoms with van der Waals surface area (Å²) in [6, 6.07) is 1.52. The van der Waals surface area contributed by atoms with Gasteiger partial charge in [-0.1, -0.05) is 5.16 Å². The fourth-order valence-electron chi connectivity index (χ4n) is 1.11. The summed E-state index contributed by atoms with van der Waals surface area (Å²) in [5.41, 5.74) is 5.61. The van der Waals surface area contributed by atoms with Crippen LogP contribution < -0.4 is 11.1 Å². The predicted octanol–water partition coefficient (Wildman–Crippen LogP) is -0.286. The minimum atomic E-state index is -1.09. The Morgan fingerprint density at radius 3 is 2.94 bits per heavy atom. The van der Waals surface area contributed by atoms with Crippen LogP contribution in [0.2, 0.25) is 0 Å². The monoisotopic (exact) mass is 268 g/mol.